The first-order chi connectivity index (χ1) is 8.97. The van der Waals surface area contributed by atoms with E-state index in [0.29, 0.717) is 11.8 Å². The van der Waals surface area contributed by atoms with Crippen LogP contribution in [-0.2, 0) is 4.74 Å². The van der Waals surface area contributed by atoms with Gasteiger partial charge in [-0.05, 0) is 40.5 Å². The second-order valence-electron chi connectivity index (χ2n) is 5.59. The van der Waals surface area contributed by atoms with Crippen molar-refractivity contribution >= 4 is 5.95 Å². The largest absolute Gasteiger partial charge is 0.475 e. The zero-order chi connectivity index (χ0) is 13.9. The van der Waals surface area contributed by atoms with E-state index in [1.54, 1.807) is 0 Å². The standard InChI is InChI=1S/C14H23N3O2/c1-10(2)19-12-8-11(3)16-13(17-12)15-9-14(4)6-5-7-18-14/h8,10H,5-7,9H2,1-4H3,(H,15,16,17). The predicted octanol–water partition coefficient (Wildman–Crippen LogP) is 2.55. The van der Waals surface area contributed by atoms with Crippen LogP contribution in [0.2, 0.25) is 0 Å². The van der Waals surface area contributed by atoms with Crippen molar-refractivity contribution in [2.45, 2.75) is 52.2 Å². The molecule has 0 spiro atoms. The monoisotopic (exact) mass is 265 g/mol. The molecule has 1 unspecified atom stereocenters. The summed E-state index contributed by atoms with van der Waals surface area (Å²) >= 11 is 0. The lowest BCUT2D eigenvalue weighted by Gasteiger charge is -2.23. The van der Waals surface area contributed by atoms with E-state index in [1.165, 1.54) is 0 Å². The van der Waals surface area contributed by atoms with E-state index >= 15 is 0 Å². The molecule has 5 nitrogen and oxygen atoms in total. The highest BCUT2D eigenvalue weighted by Crippen LogP contribution is 2.25. The van der Waals surface area contributed by atoms with Gasteiger partial charge in [-0.3, -0.25) is 0 Å². The molecule has 19 heavy (non-hydrogen) atoms. The van der Waals surface area contributed by atoms with Gasteiger partial charge >= 0.3 is 0 Å². The molecule has 0 aromatic carbocycles. The van der Waals surface area contributed by atoms with Gasteiger partial charge in [0.25, 0.3) is 0 Å². The lowest BCUT2D eigenvalue weighted by atomic mass is 10.0. The van der Waals surface area contributed by atoms with E-state index in [9.17, 15) is 0 Å². The van der Waals surface area contributed by atoms with Crippen LogP contribution in [0, 0.1) is 6.92 Å². The molecular weight excluding hydrogens is 242 g/mol. The van der Waals surface area contributed by atoms with Crippen LogP contribution in [0.5, 0.6) is 5.88 Å². The molecule has 0 amide bonds. The van der Waals surface area contributed by atoms with Crippen LogP contribution in [0.1, 0.15) is 39.3 Å². The van der Waals surface area contributed by atoms with E-state index in [-0.39, 0.29) is 11.7 Å². The highest BCUT2D eigenvalue weighted by atomic mass is 16.5. The molecule has 2 rings (SSSR count). The molecule has 5 heteroatoms. The number of nitrogens with zero attached hydrogens (tertiary/aromatic N) is 2. The van der Waals surface area contributed by atoms with Crippen molar-refractivity contribution in [2.24, 2.45) is 0 Å². The molecule has 0 radical (unpaired) electrons. The zero-order valence-electron chi connectivity index (χ0n) is 12.2. The summed E-state index contributed by atoms with van der Waals surface area (Å²) in [5, 5.41) is 3.25. The summed E-state index contributed by atoms with van der Waals surface area (Å²) in [6.45, 7) is 9.59. The van der Waals surface area contributed by atoms with Gasteiger partial charge in [-0.25, -0.2) is 4.98 Å². The minimum Gasteiger partial charge on any atom is -0.475 e. The maximum atomic E-state index is 5.74. The first-order valence-electron chi connectivity index (χ1n) is 6.87. The summed E-state index contributed by atoms with van der Waals surface area (Å²) in [6.07, 6.45) is 2.30. The Labute approximate surface area is 114 Å². The number of aryl methyl sites for hydroxylation is 1. The summed E-state index contributed by atoms with van der Waals surface area (Å²) in [6, 6.07) is 1.85. The summed E-state index contributed by atoms with van der Waals surface area (Å²) < 4.78 is 11.3. The molecule has 1 saturated heterocycles. The molecule has 0 bridgehead atoms. The number of hydrogen-bond donors (Lipinski definition) is 1. The highest BCUT2D eigenvalue weighted by molar-refractivity contribution is 5.31. The number of aromatic nitrogens is 2. The molecule has 1 fully saturated rings. The summed E-state index contributed by atoms with van der Waals surface area (Å²) in [7, 11) is 0. The van der Waals surface area contributed by atoms with Gasteiger partial charge < -0.3 is 14.8 Å². The van der Waals surface area contributed by atoms with Crippen LogP contribution in [0.25, 0.3) is 0 Å². The van der Waals surface area contributed by atoms with Gasteiger partial charge in [0, 0.05) is 24.9 Å². The number of hydrogen-bond acceptors (Lipinski definition) is 5. The van der Waals surface area contributed by atoms with E-state index in [2.05, 4.69) is 22.2 Å². The van der Waals surface area contributed by atoms with Crippen LogP contribution < -0.4 is 10.1 Å². The summed E-state index contributed by atoms with van der Waals surface area (Å²) in [5.41, 5.74) is 0.789. The van der Waals surface area contributed by atoms with Gasteiger partial charge in [-0.15, -0.1) is 0 Å². The van der Waals surface area contributed by atoms with E-state index in [1.807, 2.05) is 26.8 Å². The van der Waals surface area contributed by atoms with Gasteiger partial charge in [0.05, 0.1) is 11.7 Å². The molecule has 0 aliphatic carbocycles. The molecule has 1 aliphatic rings. The number of nitrogens with one attached hydrogen (secondary N) is 1. The quantitative estimate of drug-likeness (QED) is 0.886. The van der Waals surface area contributed by atoms with Crippen molar-refractivity contribution in [2.75, 3.05) is 18.5 Å². The maximum Gasteiger partial charge on any atom is 0.226 e. The van der Waals surface area contributed by atoms with E-state index in [0.717, 1.165) is 31.7 Å². The average molecular weight is 265 g/mol. The smallest absolute Gasteiger partial charge is 0.226 e. The van der Waals surface area contributed by atoms with Gasteiger partial charge in [-0.1, -0.05) is 0 Å². The van der Waals surface area contributed by atoms with Crippen molar-refractivity contribution in [3.8, 4) is 5.88 Å². The minimum atomic E-state index is -0.105. The van der Waals surface area contributed by atoms with Crippen LogP contribution in [-0.4, -0.2) is 34.8 Å². The molecule has 106 valence electrons. The van der Waals surface area contributed by atoms with Gasteiger partial charge in [0.2, 0.25) is 11.8 Å². The maximum absolute atomic E-state index is 5.74. The van der Waals surface area contributed by atoms with Crippen LogP contribution in [0.15, 0.2) is 6.07 Å². The van der Waals surface area contributed by atoms with E-state index in [4.69, 9.17) is 9.47 Å². The molecule has 2 heterocycles. The fourth-order valence-corrected chi connectivity index (χ4v) is 2.16. The molecular formula is C14H23N3O2. The second-order valence-corrected chi connectivity index (χ2v) is 5.59. The SMILES string of the molecule is Cc1cc(OC(C)C)nc(NCC2(C)CCCO2)n1. The number of anilines is 1. The van der Waals surface area contributed by atoms with Crippen molar-refractivity contribution < 1.29 is 9.47 Å². The zero-order valence-corrected chi connectivity index (χ0v) is 12.2. The summed E-state index contributed by atoms with van der Waals surface area (Å²) in [5.74, 6) is 1.22. The normalized spacial score (nSPS) is 22.8. The third-order valence-electron chi connectivity index (χ3n) is 3.11. The van der Waals surface area contributed by atoms with Gasteiger partial charge in [0.1, 0.15) is 0 Å². The Kier molecular flexibility index (Phi) is 4.24. The van der Waals surface area contributed by atoms with Crippen LogP contribution >= 0.6 is 0 Å². The third-order valence-corrected chi connectivity index (χ3v) is 3.11. The Morgan fingerprint density at radius 3 is 2.89 bits per heavy atom. The van der Waals surface area contributed by atoms with Crippen molar-refractivity contribution in [1.29, 1.82) is 0 Å². The fraction of sp³-hybridized carbons (Fsp3) is 0.714. The van der Waals surface area contributed by atoms with Crippen molar-refractivity contribution in [3.63, 3.8) is 0 Å². The topological polar surface area (TPSA) is 56.3 Å². The Bertz CT molecular complexity index is 429. The lowest BCUT2D eigenvalue weighted by Crippen LogP contribution is -2.33. The Balaban J connectivity index is 2.01. The first-order valence-corrected chi connectivity index (χ1v) is 6.87. The lowest BCUT2D eigenvalue weighted by molar-refractivity contribution is 0.0314. The average Bonchev–Trinajstić information content (AvgIpc) is 2.73. The fourth-order valence-electron chi connectivity index (χ4n) is 2.16. The molecule has 1 aromatic rings. The summed E-state index contributed by atoms with van der Waals surface area (Å²) in [4.78, 5) is 8.74. The van der Waals surface area contributed by atoms with Gasteiger partial charge in [-0.2, -0.15) is 4.98 Å². The predicted molar refractivity (Wildman–Crippen MR) is 74.6 cm³/mol. The van der Waals surface area contributed by atoms with Crippen LogP contribution in [0.3, 0.4) is 0 Å². The third kappa shape index (κ3) is 4.06. The molecule has 1 aliphatic heterocycles. The highest BCUT2D eigenvalue weighted by Gasteiger charge is 2.29. The van der Waals surface area contributed by atoms with E-state index < -0.39 is 0 Å². The minimum absolute atomic E-state index is 0.105. The van der Waals surface area contributed by atoms with Gasteiger partial charge in [0.15, 0.2) is 0 Å². The molecule has 1 N–H and O–H groups in total. The molecule has 1 atom stereocenters. The van der Waals surface area contributed by atoms with Crippen molar-refractivity contribution in [1.82, 2.24) is 9.97 Å². The van der Waals surface area contributed by atoms with Crippen LogP contribution in [0.4, 0.5) is 5.95 Å². The first kappa shape index (κ1) is 14.1. The number of ether oxygens (including phenoxy) is 2. The van der Waals surface area contributed by atoms with Crippen molar-refractivity contribution in [3.05, 3.63) is 11.8 Å². The second kappa shape index (κ2) is 5.74. The Hall–Kier alpha value is -1.36. The Morgan fingerprint density at radius 2 is 2.26 bits per heavy atom. The number of rotatable bonds is 5. The Morgan fingerprint density at radius 1 is 1.47 bits per heavy atom. The molecule has 1 aromatic heterocycles. The molecule has 0 saturated carbocycles.